The molecular formula is C19H25ClN4O2. The molecule has 1 unspecified atom stereocenters. The van der Waals surface area contributed by atoms with E-state index in [4.69, 9.17) is 17.3 Å². The highest BCUT2D eigenvalue weighted by Gasteiger charge is 2.43. The molecule has 0 bridgehead atoms. The second-order valence-corrected chi connectivity index (χ2v) is 7.81. The van der Waals surface area contributed by atoms with Crippen LogP contribution in [0, 0.1) is 5.92 Å². The van der Waals surface area contributed by atoms with Crippen LogP contribution in [0.4, 0.5) is 0 Å². The molecular weight excluding hydrogens is 352 g/mol. The first kappa shape index (κ1) is 18.7. The standard InChI is InChI=1S/C19H25ClN4O2/c1-19(11-17(26)23(2)18(21)22-19)14-7-5-9-24(12-14)16(25)10-13-6-3-4-8-15(13)20/h3-4,6,8,14H,5,7,9-12H2,1-2H3,(H2,21,22)/t14?,19-/m0/s1. The average molecular weight is 377 g/mol. The van der Waals surface area contributed by atoms with Gasteiger partial charge in [-0.2, -0.15) is 0 Å². The summed E-state index contributed by atoms with van der Waals surface area (Å²) in [4.78, 5) is 32.9. The van der Waals surface area contributed by atoms with Gasteiger partial charge in [0.05, 0.1) is 18.4 Å². The minimum absolute atomic E-state index is 0.0282. The minimum Gasteiger partial charge on any atom is -0.369 e. The molecule has 7 heteroatoms. The number of aliphatic imine (C=N–C) groups is 1. The first-order valence-electron chi connectivity index (χ1n) is 8.93. The molecule has 0 saturated carbocycles. The Kier molecular flexibility index (Phi) is 5.23. The minimum atomic E-state index is -0.559. The Balaban J connectivity index is 1.72. The fourth-order valence-electron chi connectivity index (χ4n) is 3.79. The van der Waals surface area contributed by atoms with Crippen molar-refractivity contribution in [2.45, 2.75) is 38.1 Å². The van der Waals surface area contributed by atoms with Gasteiger partial charge < -0.3 is 10.6 Å². The van der Waals surface area contributed by atoms with Crippen molar-refractivity contribution in [3.63, 3.8) is 0 Å². The number of carbonyl (C=O) groups is 2. The zero-order chi connectivity index (χ0) is 18.9. The number of amides is 2. The van der Waals surface area contributed by atoms with Crippen LogP contribution in [-0.4, -0.2) is 53.2 Å². The van der Waals surface area contributed by atoms with Crippen LogP contribution < -0.4 is 5.73 Å². The largest absolute Gasteiger partial charge is 0.369 e. The van der Waals surface area contributed by atoms with Crippen LogP contribution in [-0.2, 0) is 16.0 Å². The highest BCUT2D eigenvalue weighted by Crippen LogP contribution is 2.35. The zero-order valence-corrected chi connectivity index (χ0v) is 16.0. The van der Waals surface area contributed by atoms with Gasteiger partial charge in [0.25, 0.3) is 0 Å². The molecule has 140 valence electrons. The lowest BCUT2D eigenvalue weighted by Crippen LogP contribution is -2.55. The van der Waals surface area contributed by atoms with E-state index in [1.807, 2.05) is 30.0 Å². The van der Waals surface area contributed by atoms with Crippen LogP contribution in [0.25, 0.3) is 0 Å². The van der Waals surface area contributed by atoms with E-state index in [-0.39, 0.29) is 30.1 Å². The number of hydrogen-bond donors (Lipinski definition) is 1. The number of benzene rings is 1. The van der Waals surface area contributed by atoms with Gasteiger partial charge in [-0.25, -0.2) is 4.99 Å². The van der Waals surface area contributed by atoms with Crippen LogP contribution in [0.2, 0.25) is 5.02 Å². The molecule has 2 atom stereocenters. The third-order valence-electron chi connectivity index (χ3n) is 5.55. The number of nitrogens with zero attached hydrogens (tertiary/aromatic N) is 3. The van der Waals surface area contributed by atoms with Gasteiger partial charge in [0, 0.05) is 31.1 Å². The number of guanidine groups is 1. The lowest BCUT2D eigenvalue weighted by molar-refractivity contribution is -0.133. The molecule has 0 spiro atoms. The highest BCUT2D eigenvalue weighted by molar-refractivity contribution is 6.31. The topological polar surface area (TPSA) is 79.0 Å². The van der Waals surface area contributed by atoms with E-state index in [2.05, 4.69) is 4.99 Å². The van der Waals surface area contributed by atoms with E-state index in [0.717, 1.165) is 24.9 Å². The van der Waals surface area contributed by atoms with Crippen molar-refractivity contribution >= 4 is 29.4 Å². The Morgan fingerprint density at radius 1 is 1.42 bits per heavy atom. The summed E-state index contributed by atoms with van der Waals surface area (Å²) in [5.41, 5.74) is 6.20. The molecule has 1 aromatic rings. The number of nitrogens with two attached hydrogens (primary N) is 1. The normalized spacial score (nSPS) is 26.7. The van der Waals surface area contributed by atoms with E-state index >= 15 is 0 Å². The maximum absolute atomic E-state index is 12.8. The molecule has 0 radical (unpaired) electrons. The number of carbonyl (C=O) groups excluding carboxylic acids is 2. The molecule has 2 amide bonds. The van der Waals surface area contributed by atoms with Crippen LogP contribution in [0.5, 0.6) is 0 Å². The van der Waals surface area contributed by atoms with E-state index in [9.17, 15) is 9.59 Å². The summed E-state index contributed by atoms with van der Waals surface area (Å²) in [6, 6.07) is 7.42. The lowest BCUT2D eigenvalue weighted by Gasteiger charge is -2.43. The molecule has 1 saturated heterocycles. The number of piperidine rings is 1. The van der Waals surface area contributed by atoms with Gasteiger partial charge in [0.15, 0.2) is 5.96 Å². The number of likely N-dealkylation sites (tertiary alicyclic amines) is 1. The van der Waals surface area contributed by atoms with E-state index in [0.29, 0.717) is 18.0 Å². The molecule has 6 nitrogen and oxygen atoms in total. The van der Waals surface area contributed by atoms with Gasteiger partial charge in [0.2, 0.25) is 11.8 Å². The van der Waals surface area contributed by atoms with Gasteiger partial charge in [-0.15, -0.1) is 0 Å². The maximum Gasteiger partial charge on any atom is 0.231 e. The SMILES string of the molecule is CN1C(=O)C[C@@](C)(C2CCCN(C(=O)Cc3ccccc3Cl)C2)N=C1N. The second-order valence-electron chi connectivity index (χ2n) is 7.40. The zero-order valence-electron chi connectivity index (χ0n) is 15.2. The molecule has 2 N–H and O–H groups in total. The fourth-order valence-corrected chi connectivity index (χ4v) is 3.99. The maximum atomic E-state index is 12.8. The molecule has 2 aliphatic heterocycles. The molecule has 0 aromatic heterocycles. The highest BCUT2D eigenvalue weighted by atomic mass is 35.5. The summed E-state index contributed by atoms with van der Waals surface area (Å²) >= 11 is 6.18. The molecule has 1 fully saturated rings. The molecule has 2 heterocycles. The summed E-state index contributed by atoms with van der Waals surface area (Å²) < 4.78 is 0. The fraction of sp³-hybridized carbons (Fsp3) is 0.526. The molecule has 0 aliphatic carbocycles. The van der Waals surface area contributed by atoms with Crippen LogP contribution in [0.1, 0.15) is 31.7 Å². The summed E-state index contributed by atoms with van der Waals surface area (Å²) in [5, 5.41) is 0.611. The molecule has 26 heavy (non-hydrogen) atoms. The van der Waals surface area contributed by atoms with Gasteiger partial charge in [-0.1, -0.05) is 29.8 Å². The van der Waals surface area contributed by atoms with Crippen molar-refractivity contribution in [1.82, 2.24) is 9.80 Å². The molecule has 2 aliphatic rings. The van der Waals surface area contributed by atoms with Gasteiger partial charge in [-0.3, -0.25) is 14.5 Å². The Hall–Kier alpha value is -2.08. The van der Waals surface area contributed by atoms with Crippen molar-refractivity contribution in [3.8, 4) is 0 Å². The van der Waals surface area contributed by atoms with Crippen LogP contribution >= 0.6 is 11.6 Å². The summed E-state index contributed by atoms with van der Waals surface area (Å²) in [6.45, 7) is 3.29. The Labute approximate surface area is 159 Å². The predicted octanol–water partition coefficient (Wildman–Crippen LogP) is 2.06. The Morgan fingerprint density at radius 3 is 2.85 bits per heavy atom. The van der Waals surface area contributed by atoms with Crippen molar-refractivity contribution < 1.29 is 9.59 Å². The first-order chi connectivity index (χ1) is 12.3. The van der Waals surface area contributed by atoms with Gasteiger partial charge in [0.1, 0.15) is 0 Å². The molecule has 1 aromatic carbocycles. The predicted molar refractivity (Wildman–Crippen MR) is 102 cm³/mol. The van der Waals surface area contributed by atoms with Crippen molar-refractivity contribution in [3.05, 3.63) is 34.9 Å². The third kappa shape index (κ3) is 3.70. The number of rotatable bonds is 3. The summed E-state index contributed by atoms with van der Waals surface area (Å²) in [5.74, 6) is 0.396. The smallest absolute Gasteiger partial charge is 0.231 e. The van der Waals surface area contributed by atoms with Crippen LogP contribution in [0.3, 0.4) is 0 Å². The molecule has 3 rings (SSSR count). The summed E-state index contributed by atoms with van der Waals surface area (Å²) in [6.07, 6.45) is 2.44. The van der Waals surface area contributed by atoms with E-state index in [1.54, 1.807) is 13.1 Å². The number of hydrogen-bond acceptors (Lipinski definition) is 4. The van der Waals surface area contributed by atoms with Gasteiger partial charge in [-0.05, 0) is 31.4 Å². The van der Waals surface area contributed by atoms with Crippen molar-refractivity contribution in [2.75, 3.05) is 20.1 Å². The third-order valence-corrected chi connectivity index (χ3v) is 5.92. The summed E-state index contributed by atoms with van der Waals surface area (Å²) in [7, 11) is 1.64. The first-order valence-corrected chi connectivity index (χ1v) is 9.31. The Bertz CT molecular complexity index is 751. The van der Waals surface area contributed by atoms with Gasteiger partial charge >= 0.3 is 0 Å². The number of halogens is 1. The van der Waals surface area contributed by atoms with Crippen molar-refractivity contribution in [2.24, 2.45) is 16.6 Å². The van der Waals surface area contributed by atoms with E-state index in [1.165, 1.54) is 4.90 Å². The monoisotopic (exact) mass is 376 g/mol. The Morgan fingerprint density at radius 2 is 2.15 bits per heavy atom. The average Bonchev–Trinajstić information content (AvgIpc) is 2.61. The quantitative estimate of drug-likeness (QED) is 0.876. The lowest BCUT2D eigenvalue weighted by atomic mass is 9.77. The van der Waals surface area contributed by atoms with Crippen molar-refractivity contribution in [1.29, 1.82) is 0 Å². The van der Waals surface area contributed by atoms with E-state index < -0.39 is 5.54 Å². The van der Waals surface area contributed by atoms with Crippen LogP contribution in [0.15, 0.2) is 29.3 Å². The second kappa shape index (κ2) is 7.27.